The molecule has 0 amide bonds. The highest BCUT2D eigenvalue weighted by molar-refractivity contribution is 5.85. The third-order valence-corrected chi connectivity index (χ3v) is 4.44. The number of benzene rings is 1. The Morgan fingerprint density at radius 1 is 1.30 bits per heavy atom. The van der Waals surface area contributed by atoms with E-state index in [0.29, 0.717) is 39.1 Å². The first-order chi connectivity index (χ1) is 9.63. The van der Waals surface area contributed by atoms with E-state index in [4.69, 9.17) is 4.74 Å². The minimum absolute atomic E-state index is 0.324. The molecule has 0 atom stereocenters. The van der Waals surface area contributed by atoms with Crippen LogP contribution in [0.25, 0.3) is 0 Å². The molecule has 0 bridgehead atoms. The van der Waals surface area contributed by atoms with Crippen molar-refractivity contribution in [2.75, 3.05) is 31.2 Å². The Bertz CT molecular complexity index is 522. The first kappa shape index (κ1) is 13.4. The van der Waals surface area contributed by atoms with Gasteiger partial charge in [0, 0.05) is 18.8 Å². The van der Waals surface area contributed by atoms with E-state index >= 15 is 0 Å². The molecule has 20 heavy (non-hydrogen) atoms. The third kappa shape index (κ3) is 2.06. The molecule has 1 saturated carbocycles. The molecule has 1 saturated heterocycles. The molecule has 1 aromatic carbocycles. The van der Waals surface area contributed by atoms with Crippen molar-refractivity contribution in [2.45, 2.75) is 24.7 Å². The van der Waals surface area contributed by atoms with Crippen molar-refractivity contribution in [3.63, 3.8) is 0 Å². The Labute approximate surface area is 117 Å². The number of nitrogens with zero attached hydrogens (tertiary/aromatic N) is 1. The SMILES string of the molecule is O=C(O)C1(c2ccc(F)cc2N2CCOCC2)CCC1. The Balaban J connectivity index is 2.03. The van der Waals surface area contributed by atoms with E-state index in [0.717, 1.165) is 17.7 Å². The van der Waals surface area contributed by atoms with Gasteiger partial charge in [-0.2, -0.15) is 0 Å². The fourth-order valence-corrected chi connectivity index (χ4v) is 3.10. The van der Waals surface area contributed by atoms with E-state index in [1.165, 1.54) is 12.1 Å². The Hall–Kier alpha value is -1.62. The molecule has 0 unspecified atom stereocenters. The summed E-state index contributed by atoms with van der Waals surface area (Å²) in [6, 6.07) is 4.47. The first-order valence-corrected chi connectivity index (χ1v) is 7.00. The highest BCUT2D eigenvalue weighted by Crippen LogP contribution is 2.47. The van der Waals surface area contributed by atoms with Gasteiger partial charge in [-0.1, -0.05) is 12.5 Å². The monoisotopic (exact) mass is 279 g/mol. The minimum atomic E-state index is -0.832. The zero-order valence-electron chi connectivity index (χ0n) is 11.3. The van der Waals surface area contributed by atoms with Crippen molar-refractivity contribution in [1.82, 2.24) is 0 Å². The number of halogens is 1. The van der Waals surface area contributed by atoms with Gasteiger partial charge in [-0.3, -0.25) is 4.79 Å². The van der Waals surface area contributed by atoms with Gasteiger partial charge in [0.05, 0.1) is 18.6 Å². The molecule has 4 nitrogen and oxygen atoms in total. The number of hydrogen-bond donors (Lipinski definition) is 1. The summed E-state index contributed by atoms with van der Waals surface area (Å²) >= 11 is 0. The second-order valence-corrected chi connectivity index (χ2v) is 5.50. The summed E-state index contributed by atoms with van der Waals surface area (Å²) in [5, 5.41) is 9.59. The van der Waals surface area contributed by atoms with Crippen LogP contribution in [0, 0.1) is 5.82 Å². The summed E-state index contributed by atoms with van der Waals surface area (Å²) in [6.07, 6.45) is 2.17. The summed E-state index contributed by atoms with van der Waals surface area (Å²) in [4.78, 5) is 13.7. The second-order valence-electron chi connectivity index (χ2n) is 5.50. The van der Waals surface area contributed by atoms with E-state index in [1.54, 1.807) is 6.07 Å². The lowest BCUT2D eigenvalue weighted by Crippen LogP contribution is -2.45. The van der Waals surface area contributed by atoms with E-state index in [2.05, 4.69) is 0 Å². The number of carbonyl (C=O) groups is 1. The lowest BCUT2D eigenvalue weighted by molar-refractivity contribution is -0.147. The molecule has 3 rings (SSSR count). The second kappa shape index (κ2) is 5.05. The maximum Gasteiger partial charge on any atom is 0.314 e. The summed E-state index contributed by atoms with van der Waals surface area (Å²) < 4.78 is 18.9. The zero-order chi connectivity index (χ0) is 14.2. The molecule has 0 radical (unpaired) electrons. The highest BCUT2D eigenvalue weighted by atomic mass is 19.1. The number of anilines is 1. The fraction of sp³-hybridized carbons (Fsp3) is 0.533. The van der Waals surface area contributed by atoms with Gasteiger partial charge in [0.2, 0.25) is 0 Å². The molecule has 1 aromatic rings. The predicted octanol–water partition coefficient (Wildman–Crippen LogP) is 2.17. The van der Waals surface area contributed by atoms with Crippen molar-refractivity contribution in [3.05, 3.63) is 29.6 Å². The smallest absolute Gasteiger partial charge is 0.314 e. The van der Waals surface area contributed by atoms with Crippen molar-refractivity contribution >= 4 is 11.7 Å². The molecular formula is C15H18FNO3. The first-order valence-electron chi connectivity index (χ1n) is 7.00. The number of hydrogen-bond acceptors (Lipinski definition) is 3. The van der Waals surface area contributed by atoms with Gasteiger partial charge in [-0.05, 0) is 30.5 Å². The van der Waals surface area contributed by atoms with E-state index in [-0.39, 0.29) is 5.82 Å². The number of carboxylic acids is 1. The van der Waals surface area contributed by atoms with Crippen LogP contribution < -0.4 is 4.90 Å². The average molecular weight is 279 g/mol. The van der Waals surface area contributed by atoms with Gasteiger partial charge >= 0.3 is 5.97 Å². The summed E-state index contributed by atoms with van der Waals surface area (Å²) in [5.41, 5.74) is 0.636. The van der Waals surface area contributed by atoms with Crippen LogP contribution in [-0.2, 0) is 14.9 Å². The van der Waals surface area contributed by atoms with Gasteiger partial charge < -0.3 is 14.7 Å². The predicted molar refractivity (Wildman–Crippen MR) is 72.6 cm³/mol. The lowest BCUT2D eigenvalue weighted by atomic mass is 9.64. The fourth-order valence-electron chi connectivity index (χ4n) is 3.10. The number of ether oxygens (including phenoxy) is 1. The highest BCUT2D eigenvalue weighted by Gasteiger charge is 2.47. The number of aliphatic carboxylic acids is 1. The van der Waals surface area contributed by atoms with Gasteiger partial charge in [0.1, 0.15) is 5.82 Å². The summed E-state index contributed by atoms with van der Waals surface area (Å²) in [7, 11) is 0. The Morgan fingerprint density at radius 2 is 2.00 bits per heavy atom. The van der Waals surface area contributed by atoms with Crippen molar-refractivity contribution in [1.29, 1.82) is 0 Å². The van der Waals surface area contributed by atoms with E-state index < -0.39 is 11.4 Å². The van der Waals surface area contributed by atoms with E-state index in [9.17, 15) is 14.3 Å². The van der Waals surface area contributed by atoms with Crippen molar-refractivity contribution in [3.8, 4) is 0 Å². The largest absolute Gasteiger partial charge is 0.481 e. The van der Waals surface area contributed by atoms with Crippen LogP contribution in [0.5, 0.6) is 0 Å². The minimum Gasteiger partial charge on any atom is -0.481 e. The summed E-state index contributed by atoms with van der Waals surface area (Å²) in [6.45, 7) is 2.53. The molecule has 1 heterocycles. The van der Waals surface area contributed by atoms with Gasteiger partial charge in [0.15, 0.2) is 0 Å². The molecule has 1 aliphatic carbocycles. The number of carboxylic acid groups (broad SMARTS) is 1. The molecule has 5 heteroatoms. The molecule has 1 aliphatic heterocycles. The Kier molecular flexibility index (Phi) is 3.38. The summed E-state index contributed by atoms with van der Waals surface area (Å²) in [5.74, 6) is -1.13. The molecule has 108 valence electrons. The van der Waals surface area contributed by atoms with Crippen LogP contribution in [0.15, 0.2) is 18.2 Å². The van der Waals surface area contributed by atoms with Crippen LogP contribution in [-0.4, -0.2) is 37.4 Å². The standard InChI is InChI=1S/C15H18FNO3/c16-11-2-3-12(15(14(18)19)4-1-5-15)13(10-11)17-6-8-20-9-7-17/h2-3,10H,1,4-9H2,(H,18,19). The maximum absolute atomic E-state index is 13.6. The van der Waals surface area contributed by atoms with Crippen LogP contribution in [0.1, 0.15) is 24.8 Å². The zero-order valence-corrected chi connectivity index (χ0v) is 11.3. The normalized spacial score (nSPS) is 21.4. The number of rotatable bonds is 3. The maximum atomic E-state index is 13.6. The van der Waals surface area contributed by atoms with Gasteiger partial charge in [-0.25, -0.2) is 4.39 Å². The molecule has 0 spiro atoms. The molecule has 2 fully saturated rings. The molecular weight excluding hydrogens is 261 g/mol. The molecule has 1 N–H and O–H groups in total. The van der Waals surface area contributed by atoms with Crippen molar-refractivity contribution < 1.29 is 19.0 Å². The van der Waals surface area contributed by atoms with Gasteiger partial charge in [-0.15, -0.1) is 0 Å². The van der Waals surface area contributed by atoms with Gasteiger partial charge in [0.25, 0.3) is 0 Å². The van der Waals surface area contributed by atoms with Crippen LogP contribution in [0.3, 0.4) is 0 Å². The van der Waals surface area contributed by atoms with Crippen LogP contribution >= 0.6 is 0 Å². The average Bonchev–Trinajstić information content (AvgIpc) is 2.39. The topological polar surface area (TPSA) is 49.8 Å². The third-order valence-electron chi connectivity index (χ3n) is 4.44. The van der Waals surface area contributed by atoms with Crippen molar-refractivity contribution in [2.24, 2.45) is 0 Å². The quantitative estimate of drug-likeness (QED) is 0.921. The van der Waals surface area contributed by atoms with Crippen LogP contribution in [0.2, 0.25) is 0 Å². The Morgan fingerprint density at radius 3 is 2.55 bits per heavy atom. The lowest BCUT2D eigenvalue weighted by Gasteiger charge is -2.41. The number of morpholine rings is 1. The molecule has 2 aliphatic rings. The van der Waals surface area contributed by atoms with Crippen LogP contribution in [0.4, 0.5) is 10.1 Å². The molecule has 0 aromatic heterocycles. The van der Waals surface area contributed by atoms with E-state index in [1.807, 2.05) is 4.90 Å².